The van der Waals surface area contributed by atoms with Crippen LogP contribution in [0.3, 0.4) is 0 Å². The van der Waals surface area contributed by atoms with Crippen LogP contribution in [0.2, 0.25) is 0 Å². The van der Waals surface area contributed by atoms with E-state index in [4.69, 9.17) is 0 Å². The van der Waals surface area contributed by atoms with Gasteiger partial charge in [-0.15, -0.1) is 0 Å². The Balaban J connectivity index is 2.83. The van der Waals surface area contributed by atoms with E-state index in [9.17, 15) is 0 Å². The van der Waals surface area contributed by atoms with E-state index < -0.39 is 0 Å². The summed E-state index contributed by atoms with van der Waals surface area (Å²) in [4.78, 5) is 0. The minimum absolute atomic E-state index is 0.428. The van der Waals surface area contributed by atoms with Crippen LogP contribution in [0.15, 0.2) is 42.0 Å². The molecule has 2 unspecified atom stereocenters. The molecule has 0 saturated heterocycles. The molecular formula is C15H23N. The van der Waals surface area contributed by atoms with Crippen LogP contribution < -0.4 is 5.32 Å². The van der Waals surface area contributed by atoms with Gasteiger partial charge in [0.2, 0.25) is 0 Å². The molecular weight excluding hydrogens is 194 g/mol. The highest BCUT2D eigenvalue weighted by molar-refractivity contribution is 5.23. The number of rotatable bonds is 5. The van der Waals surface area contributed by atoms with Crippen molar-refractivity contribution in [2.45, 2.75) is 39.7 Å². The van der Waals surface area contributed by atoms with E-state index in [1.54, 1.807) is 0 Å². The molecule has 0 aliphatic heterocycles. The maximum Gasteiger partial charge on any atom is 0.0318 e. The molecule has 0 fully saturated rings. The highest BCUT2D eigenvalue weighted by atomic mass is 14.9. The molecule has 0 saturated carbocycles. The topological polar surface area (TPSA) is 12.0 Å². The van der Waals surface area contributed by atoms with Gasteiger partial charge in [0.05, 0.1) is 0 Å². The lowest BCUT2D eigenvalue weighted by molar-refractivity contribution is 0.535. The maximum atomic E-state index is 3.54. The van der Waals surface area contributed by atoms with Crippen molar-refractivity contribution < 1.29 is 0 Å². The van der Waals surface area contributed by atoms with Crippen molar-refractivity contribution in [3.05, 3.63) is 47.5 Å². The summed E-state index contributed by atoms with van der Waals surface area (Å²) in [6.45, 7) is 9.75. The Morgan fingerprint density at radius 1 is 1.25 bits per heavy atom. The van der Waals surface area contributed by atoms with Gasteiger partial charge in [-0.25, -0.2) is 0 Å². The number of benzene rings is 1. The molecule has 88 valence electrons. The van der Waals surface area contributed by atoms with Gasteiger partial charge >= 0.3 is 0 Å². The third kappa shape index (κ3) is 3.82. The summed E-state index contributed by atoms with van der Waals surface area (Å²) in [7, 11) is 0. The average molecular weight is 217 g/mol. The number of hydrogen-bond acceptors (Lipinski definition) is 1. The van der Waals surface area contributed by atoms with E-state index in [2.05, 4.69) is 69.4 Å². The van der Waals surface area contributed by atoms with Crippen molar-refractivity contribution >= 4 is 0 Å². The van der Waals surface area contributed by atoms with Gasteiger partial charge in [-0.3, -0.25) is 0 Å². The van der Waals surface area contributed by atoms with Crippen LogP contribution in [0.25, 0.3) is 0 Å². The predicted octanol–water partition coefficient (Wildman–Crippen LogP) is 3.73. The first kappa shape index (κ1) is 13.0. The third-order valence-electron chi connectivity index (χ3n) is 2.82. The Kier molecular flexibility index (Phi) is 5.27. The Hall–Kier alpha value is -1.08. The lowest BCUT2D eigenvalue weighted by atomic mass is 9.92. The summed E-state index contributed by atoms with van der Waals surface area (Å²) in [6.07, 6.45) is 2.32. The molecule has 2 atom stereocenters. The predicted molar refractivity (Wildman–Crippen MR) is 71.8 cm³/mol. The molecule has 0 radical (unpaired) electrons. The van der Waals surface area contributed by atoms with E-state index in [0.29, 0.717) is 12.0 Å². The zero-order chi connectivity index (χ0) is 12.0. The first-order chi connectivity index (χ1) is 7.65. The van der Waals surface area contributed by atoms with Gasteiger partial charge in [-0.1, -0.05) is 55.8 Å². The summed E-state index contributed by atoms with van der Waals surface area (Å²) >= 11 is 0. The van der Waals surface area contributed by atoms with Crippen LogP contribution in [0, 0.1) is 0 Å². The number of nitrogens with one attached hydrogen (secondary N) is 1. The van der Waals surface area contributed by atoms with Crippen LogP contribution >= 0.6 is 0 Å². The van der Waals surface area contributed by atoms with Crippen molar-refractivity contribution in [3.8, 4) is 0 Å². The summed E-state index contributed by atoms with van der Waals surface area (Å²) in [6, 6.07) is 11.1. The molecule has 1 heteroatoms. The Morgan fingerprint density at radius 2 is 1.88 bits per heavy atom. The second-order valence-electron chi connectivity index (χ2n) is 4.53. The third-order valence-corrected chi connectivity index (χ3v) is 2.82. The molecule has 0 aliphatic rings. The number of allylic oxidation sites excluding steroid dienone is 1. The largest absolute Gasteiger partial charge is 0.310 e. The molecule has 1 aromatic rings. The molecule has 0 bridgehead atoms. The summed E-state index contributed by atoms with van der Waals surface area (Å²) in [5.74, 6) is 0.510. The van der Waals surface area contributed by atoms with Crippen molar-refractivity contribution in [1.29, 1.82) is 0 Å². The van der Waals surface area contributed by atoms with Gasteiger partial charge in [-0.05, 0) is 31.9 Å². The van der Waals surface area contributed by atoms with E-state index >= 15 is 0 Å². The second kappa shape index (κ2) is 6.49. The van der Waals surface area contributed by atoms with Crippen LogP contribution in [0.5, 0.6) is 0 Å². The molecule has 1 rings (SSSR count). The lowest BCUT2D eigenvalue weighted by Gasteiger charge is -2.22. The van der Waals surface area contributed by atoms with Gasteiger partial charge < -0.3 is 5.32 Å². The minimum Gasteiger partial charge on any atom is -0.310 e. The van der Waals surface area contributed by atoms with Gasteiger partial charge in [0.25, 0.3) is 0 Å². The van der Waals surface area contributed by atoms with Gasteiger partial charge in [0.15, 0.2) is 0 Å². The van der Waals surface area contributed by atoms with Crippen molar-refractivity contribution in [2.75, 3.05) is 6.54 Å². The maximum absolute atomic E-state index is 3.54. The van der Waals surface area contributed by atoms with Crippen LogP contribution in [-0.2, 0) is 0 Å². The van der Waals surface area contributed by atoms with Gasteiger partial charge in [0.1, 0.15) is 0 Å². The highest BCUT2D eigenvalue weighted by Crippen LogP contribution is 2.20. The number of likely N-dealkylation sites (N-methyl/N-ethyl adjacent to an activating group) is 1. The normalized spacial score (nSPS) is 14.2. The van der Waals surface area contributed by atoms with Gasteiger partial charge in [0, 0.05) is 6.04 Å². The smallest absolute Gasteiger partial charge is 0.0318 e. The van der Waals surface area contributed by atoms with Crippen molar-refractivity contribution in [1.82, 2.24) is 5.32 Å². The molecule has 0 heterocycles. The molecule has 1 aromatic carbocycles. The fraction of sp³-hybridized carbons (Fsp3) is 0.467. The lowest BCUT2D eigenvalue weighted by Crippen LogP contribution is -2.32. The monoisotopic (exact) mass is 217 g/mol. The molecule has 0 amide bonds. The fourth-order valence-corrected chi connectivity index (χ4v) is 1.94. The second-order valence-corrected chi connectivity index (χ2v) is 4.53. The first-order valence-corrected chi connectivity index (χ1v) is 6.08. The van der Waals surface area contributed by atoms with Crippen LogP contribution in [0.1, 0.15) is 39.2 Å². The van der Waals surface area contributed by atoms with Crippen LogP contribution in [0.4, 0.5) is 0 Å². The quantitative estimate of drug-likeness (QED) is 0.741. The Labute approximate surface area is 99.6 Å². The first-order valence-electron chi connectivity index (χ1n) is 6.08. The summed E-state index contributed by atoms with van der Waals surface area (Å²) in [5, 5.41) is 3.54. The van der Waals surface area contributed by atoms with E-state index in [1.807, 2.05) is 0 Å². The Bertz CT molecular complexity index is 323. The summed E-state index contributed by atoms with van der Waals surface area (Å²) < 4.78 is 0. The SMILES string of the molecule is CCNC(C=C(C)C)C(C)c1ccccc1. The minimum atomic E-state index is 0.428. The average Bonchev–Trinajstić information content (AvgIpc) is 2.28. The zero-order valence-electron chi connectivity index (χ0n) is 10.8. The molecule has 16 heavy (non-hydrogen) atoms. The number of hydrogen-bond donors (Lipinski definition) is 1. The summed E-state index contributed by atoms with van der Waals surface area (Å²) in [5.41, 5.74) is 2.76. The van der Waals surface area contributed by atoms with Crippen LogP contribution in [-0.4, -0.2) is 12.6 Å². The molecule has 0 aliphatic carbocycles. The fourth-order valence-electron chi connectivity index (χ4n) is 1.94. The highest BCUT2D eigenvalue weighted by Gasteiger charge is 2.14. The molecule has 1 nitrogen and oxygen atoms in total. The molecule has 0 aromatic heterocycles. The molecule has 1 N–H and O–H groups in total. The van der Waals surface area contributed by atoms with Crippen molar-refractivity contribution in [3.63, 3.8) is 0 Å². The zero-order valence-corrected chi connectivity index (χ0v) is 10.8. The Morgan fingerprint density at radius 3 is 2.38 bits per heavy atom. The standard InChI is InChI=1S/C15H23N/c1-5-16-15(11-12(2)3)13(4)14-9-7-6-8-10-14/h6-11,13,15-16H,5H2,1-4H3. The van der Waals surface area contributed by atoms with E-state index in [0.717, 1.165) is 6.54 Å². The molecule has 0 spiro atoms. The van der Waals surface area contributed by atoms with Crippen molar-refractivity contribution in [2.24, 2.45) is 0 Å². The van der Waals surface area contributed by atoms with Gasteiger partial charge in [-0.2, -0.15) is 0 Å². The van der Waals surface area contributed by atoms with E-state index in [1.165, 1.54) is 11.1 Å². The van der Waals surface area contributed by atoms with E-state index in [-0.39, 0.29) is 0 Å².